The minimum absolute atomic E-state index is 0.129. The zero-order valence-electron chi connectivity index (χ0n) is 12.5. The van der Waals surface area contributed by atoms with E-state index < -0.39 is 0 Å². The lowest BCUT2D eigenvalue weighted by Gasteiger charge is -2.36. The maximum absolute atomic E-state index is 12.6. The van der Waals surface area contributed by atoms with E-state index in [1.807, 2.05) is 0 Å². The second-order valence-corrected chi connectivity index (χ2v) is 6.31. The van der Waals surface area contributed by atoms with Gasteiger partial charge in [0.25, 0.3) is 0 Å². The Morgan fingerprint density at radius 3 is 2.70 bits per heavy atom. The maximum Gasteiger partial charge on any atom is 0.228 e. The number of piperidine rings is 1. The molecule has 0 radical (unpaired) electrons. The number of aliphatic hydroxyl groups excluding tert-OH is 1. The minimum atomic E-state index is -0.368. The molecule has 0 aromatic rings. The summed E-state index contributed by atoms with van der Waals surface area (Å²) in [7, 11) is 1.66. The smallest absolute Gasteiger partial charge is 0.228 e. The number of hydrogen-bond donors (Lipinski definition) is 3. The summed E-state index contributed by atoms with van der Waals surface area (Å²) < 4.78 is 5.29. The number of methoxy groups -OCH3 is 1. The van der Waals surface area contributed by atoms with E-state index in [2.05, 4.69) is 10.6 Å². The van der Waals surface area contributed by atoms with Crippen LogP contribution in [0.15, 0.2) is 0 Å². The first-order valence-corrected chi connectivity index (χ1v) is 7.80. The lowest BCUT2D eigenvalue weighted by molar-refractivity contribution is -0.136. The molecule has 1 saturated carbocycles. The molecule has 0 aromatic carbocycles. The monoisotopic (exact) mass is 284 g/mol. The predicted molar refractivity (Wildman–Crippen MR) is 77.3 cm³/mol. The molecule has 5 heteroatoms. The molecule has 2 atom stereocenters. The fourth-order valence-electron chi connectivity index (χ4n) is 3.65. The summed E-state index contributed by atoms with van der Waals surface area (Å²) in [6, 6.07) is 0. The van der Waals surface area contributed by atoms with Crippen LogP contribution < -0.4 is 10.6 Å². The number of hydrogen-bond acceptors (Lipinski definition) is 4. The van der Waals surface area contributed by atoms with Gasteiger partial charge < -0.3 is 20.5 Å². The third-order valence-electron chi connectivity index (χ3n) is 5.04. The number of ether oxygens (including phenoxy) is 1. The highest BCUT2D eigenvalue weighted by Gasteiger charge is 2.40. The molecule has 20 heavy (non-hydrogen) atoms. The Morgan fingerprint density at radius 1 is 1.35 bits per heavy atom. The van der Waals surface area contributed by atoms with E-state index in [1.54, 1.807) is 7.11 Å². The van der Waals surface area contributed by atoms with Crippen molar-refractivity contribution >= 4 is 5.91 Å². The van der Waals surface area contributed by atoms with Crippen LogP contribution in [0.3, 0.4) is 0 Å². The summed E-state index contributed by atoms with van der Waals surface area (Å²) in [6.07, 6.45) is 5.04. The van der Waals surface area contributed by atoms with Crippen molar-refractivity contribution in [2.45, 2.75) is 32.1 Å². The zero-order chi connectivity index (χ0) is 14.4. The number of carbonyl (C=O) groups excluding carboxylic acids is 1. The van der Waals surface area contributed by atoms with E-state index in [-0.39, 0.29) is 17.9 Å². The molecule has 2 fully saturated rings. The molecule has 2 rings (SSSR count). The maximum atomic E-state index is 12.6. The summed E-state index contributed by atoms with van der Waals surface area (Å²) in [4.78, 5) is 12.6. The van der Waals surface area contributed by atoms with E-state index in [1.165, 1.54) is 6.42 Å². The van der Waals surface area contributed by atoms with E-state index in [0.717, 1.165) is 38.8 Å². The summed E-state index contributed by atoms with van der Waals surface area (Å²) in [5.41, 5.74) is -0.368. The SMILES string of the molecule is COCC1(C(=O)NCC2CCCC2CO)CCNCC1. The van der Waals surface area contributed by atoms with Crippen molar-refractivity contribution in [3.63, 3.8) is 0 Å². The zero-order valence-corrected chi connectivity index (χ0v) is 12.5. The summed E-state index contributed by atoms with van der Waals surface area (Å²) in [6.45, 7) is 3.18. The molecule has 2 aliphatic rings. The third-order valence-corrected chi connectivity index (χ3v) is 5.04. The van der Waals surface area contributed by atoms with E-state index in [0.29, 0.717) is 25.0 Å². The van der Waals surface area contributed by atoms with Gasteiger partial charge in [-0.25, -0.2) is 0 Å². The van der Waals surface area contributed by atoms with Gasteiger partial charge in [-0.3, -0.25) is 4.79 Å². The van der Waals surface area contributed by atoms with Gasteiger partial charge in [0, 0.05) is 20.3 Å². The van der Waals surface area contributed by atoms with Gasteiger partial charge in [-0.05, 0) is 50.6 Å². The van der Waals surface area contributed by atoms with E-state index in [4.69, 9.17) is 4.74 Å². The molecule has 3 N–H and O–H groups in total. The minimum Gasteiger partial charge on any atom is -0.396 e. The third kappa shape index (κ3) is 3.51. The van der Waals surface area contributed by atoms with Crippen LogP contribution in [0, 0.1) is 17.3 Å². The topological polar surface area (TPSA) is 70.6 Å². The van der Waals surface area contributed by atoms with Gasteiger partial charge in [0.05, 0.1) is 12.0 Å². The second kappa shape index (κ2) is 7.38. The normalized spacial score (nSPS) is 29.3. The fraction of sp³-hybridized carbons (Fsp3) is 0.933. The quantitative estimate of drug-likeness (QED) is 0.665. The Hall–Kier alpha value is -0.650. The molecule has 116 valence electrons. The Morgan fingerprint density at radius 2 is 2.05 bits per heavy atom. The van der Waals surface area contributed by atoms with Crippen molar-refractivity contribution < 1.29 is 14.6 Å². The van der Waals surface area contributed by atoms with Gasteiger partial charge in [0.2, 0.25) is 5.91 Å². The number of nitrogens with one attached hydrogen (secondary N) is 2. The standard InChI is InChI=1S/C15H28N2O3/c1-20-11-15(5-7-16-8-6-15)14(19)17-9-12-3-2-4-13(12)10-18/h12-13,16,18H,2-11H2,1H3,(H,17,19). The summed E-state index contributed by atoms with van der Waals surface area (Å²) in [5, 5.41) is 15.8. The number of rotatable bonds is 6. The number of amides is 1. The Labute approximate surface area is 121 Å². The first kappa shape index (κ1) is 15.7. The van der Waals surface area contributed by atoms with Crippen molar-refractivity contribution in [2.24, 2.45) is 17.3 Å². The molecule has 1 saturated heterocycles. The molecule has 1 heterocycles. The van der Waals surface area contributed by atoms with E-state index in [9.17, 15) is 9.90 Å². The Bertz CT molecular complexity index is 311. The van der Waals surface area contributed by atoms with E-state index >= 15 is 0 Å². The molecule has 0 aromatic heterocycles. The molecule has 1 aliphatic carbocycles. The lowest BCUT2D eigenvalue weighted by Crippen LogP contribution is -2.51. The van der Waals surface area contributed by atoms with Crippen molar-refractivity contribution in [1.29, 1.82) is 0 Å². The van der Waals surface area contributed by atoms with Crippen LogP contribution in [-0.4, -0.2) is 51.0 Å². The van der Waals surface area contributed by atoms with Gasteiger partial charge in [-0.1, -0.05) is 6.42 Å². The van der Waals surface area contributed by atoms with Crippen LogP contribution >= 0.6 is 0 Å². The second-order valence-electron chi connectivity index (χ2n) is 6.31. The molecule has 0 spiro atoms. The van der Waals surface area contributed by atoms with Crippen molar-refractivity contribution in [3.05, 3.63) is 0 Å². The summed E-state index contributed by atoms with van der Waals surface area (Å²) in [5.74, 6) is 0.927. The summed E-state index contributed by atoms with van der Waals surface area (Å²) >= 11 is 0. The van der Waals surface area contributed by atoms with Crippen LogP contribution in [0.2, 0.25) is 0 Å². The van der Waals surface area contributed by atoms with Crippen molar-refractivity contribution in [1.82, 2.24) is 10.6 Å². The largest absolute Gasteiger partial charge is 0.396 e. The highest BCUT2D eigenvalue weighted by Crippen LogP contribution is 2.32. The Kier molecular flexibility index (Phi) is 5.81. The first-order valence-electron chi connectivity index (χ1n) is 7.80. The van der Waals surface area contributed by atoms with Crippen molar-refractivity contribution in [3.8, 4) is 0 Å². The van der Waals surface area contributed by atoms with Gasteiger partial charge in [0.15, 0.2) is 0 Å². The molecule has 2 unspecified atom stereocenters. The van der Waals surface area contributed by atoms with Crippen LogP contribution in [0.5, 0.6) is 0 Å². The molecular weight excluding hydrogens is 256 g/mol. The lowest BCUT2D eigenvalue weighted by atomic mass is 9.78. The first-order chi connectivity index (χ1) is 9.72. The molecule has 1 amide bonds. The average molecular weight is 284 g/mol. The number of aliphatic hydroxyl groups is 1. The highest BCUT2D eigenvalue weighted by molar-refractivity contribution is 5.83. The van der Waals surface area contributed by atoms with Gasteiger partial charge in [-0.15, -0.1) is 0 Å². The van der Waals surface area contributed by atoms with Crippen LogP contribution in [0.25, 0.3) is 0 Å². The van der Waals surface area contributed by atoms with Gasteiger partial charge in [0.1, 0.15) is 0 Å². The predicted octanol–water partition coefficient (Wildman–Crippen LogP) is 0.527. The van der Waals surface area contributed by atoms with Crippen LogP contribution in [0.1, 0.15) is 32.1 Å². The molecule has 1 aliphatic heterocycles. The number of carbonyl (C=O) groups is 1. The van der Waals surface area contributed by atoms with Crippen molar-refractivity contribution in [2.75, 3.05) is 40.0 Å². The highest BCUT2D eigenvalue weighted by atomic mass is 16.5. The molecular formula is C15H28N2O3. The van der Waals surface area contributed by atoms with Gasteiger partial charge >= 0.3 is 0 Å². The van der Waals surface area contributed by atoms with Crippen LogP contribution in [0.4, 0.5) is 0 Å². The fourth-order valence-corrected chi connectivity index (χ4v) is 3.65. The van der Waals surface area contributed by atoms with Gasteiger partial charge in [-0.2, -0.15) is 0 Å². The molecule has 5 nitrogen and oxygen atoms in total. The molecule has 0 bridgehead atoms. The Balaban J connectivity index is 1.88. The average Bonchev–Trinajstić information content (AvgIpc) is 2.93. The van der Waals surface area contributed by atoms with Crippen LogP contribution in [-0.2, 0) is 9.53 Å².